The minimum Gasteiger partial charge on any atom is -0.357 e. The van der Waals surface area contributed by atoms with Crippen molar-refractivity contribution in [3.63, 3.8) is 0 Å². The van der Waals surface area contributed by atoms with E-state index in [0.29, 0.717) is 11.0 Å². The Morgan fingerprint density at radius 1 is 1.47 bits per heavy atom. The molecule has 1 N–H and O–H groups in total. The van der Waals surface area contributed by atoms with Crippen LogP contribution in [0.3, 0.4) is 0 Å². The summed E-state index contributed by atoms with van der Waals surface area (Å²) < 4.78 is 1.38. The fourth-order valence-electron chi connectivity index (χ4n) is 2.21. The maximum absolute atomic E-state index is 12.0. The van der Waals surface area contributed by atoms with E-state index in [1.807, 2.05) is 0 Å². The van der Waals surface area contributed by atoms with E-state index in [4.69, 9.17) is 0 Å². The molecule has 0 atom stereocenters. The normalized spacial score (nSPS) is 15.4. The zero-order chi connectivity index (χ0) is 13.2. The smallest absolute Gasteiger partial charge is 0.275 e. The van der Waals surface area contributed by atoms with E-state index in [1.54, 1.807) is 6.07 Å². The van der Waals surface area contributed by atoms with Crippen LogP contribution in [0.1, 0.15) is 31.9 Å². The summed E-state index contributed by atoms with van der Waals surface area (Å²) in [7, 11) is 0. The Hall–Kier alpha value is -1.69. The molecule has 3 rings (SSSR count). The van der Waals surface area contributed by atoms with E-state index >= 15 is 0 Å². The Kier molecular flexibility index (Phi) is 3.33. The number of rotatable bonds is 4. The van der Waals surface area contributed by atoms with Gasteiger partial charge >= 0.3 is 0 Å². The van der Waals surface area contributed by atoms with Gasteiger partial charge in [0, 0.05) is 17.8 Å². The van der Waals surface area contributed by atoms with Crippen LogP contribution in [0.25, 0.3) is 4.96 Å². The molecule has 1 aliphatic rings. The summed E-state index contributed by atoms with van der Waals surface area (Å²) in [5.74, 6) is 0. The van der Waals surface area contributed by atoms with Crippen LogP contribution in [0.2, 0.25) is 0 Å². The summed E-state index contributed by atoms with van der Waals surface area (Å²) in [5.41, 5.74) is 0.757. The van der Waals surface area contributed by atoms with Crippen molar-refractivity contribution in [2.24, 2.45) is 0 Å². The first-order valence-electron chi connectivity index (χ1n) is 6.57. The van der Waals surface area contributed by atoms with Crippen molar-refractivity contribution >= 4 is 21.4 Å². The maximum Gasteiger partial charge on any atom is 0.275 e. The molecule has 0 saturated heterocycles. The molecule has 6 heteroatoms. The third-order valence-electron chi connectivity index (χ3n) is 3.14. The van der Waals surface area contributed by atoms with Crippen molar-refractivity contribution in [2.45, 2.75) is 38.6 Å². The maximum atomic E-state index is 12.0. The van der Waals surface area contributed by atoms with Gasteiger partial charge in [0.05, 0.1) is 0 Å². The lowest BCUT2D eigenvalue weighted by molar-refractivity contribution is 0.774. The van der Waals surface area contributed by atoms with Gasteiger partial charge in [-0.05, 0) is 19.3 Å². The Balaban J connectivity index is 1.91. The number of hydrogen-bond acceptors (Lipinski definition) is 5. The van der Waals surface area contributed by atoms with Crippen molar-refractivity contribution in [1.82, 2.24) is 14.6 Å². The average Bonchev–Trinajstić information content (AvgIpc) is 2.99. The van der Waals surface area contributed by atoms with Gasteiger partial charge in [-0.25, -0.2) is 4.98 Å². The van der Waals surface area contributed by atoms with Gasteiger partial charge in [0.2, 0.25) is 10.1 Å². The van der Waals surface area contributed by atoms with E-state index in [0.717, 1.165) is 36.5 Å². The number of nitrogens with zero attached hydrogens (tertiary/aromatic N) is 3. The van der Waals surface area contributed by atoms with Crippen LogP contribution in [0, 0.1) is 0 Å². The predicted molar refractivity (Wildman–Crippen MR) is 76.9 cm³/mol. The van der Waals surface area contributed by atoms with Crippen LogP contribution >= 0.6 is 11.3 Å². The zero-order valence-electron chi connectivity index (χ0n) is 10.8. The Bertz CT molecular complexity index is 665. The van der Waals surface area contributed by atoms with Crippen LogP contribution in [-0.2, 0) is 6.42 Å². The second-order valence-electron chi connectivity index (χ2n) is 4.72. The molecule has 0 fully saturated rings. The predicted octanol–water partition coefficient (Wildman–Crippen LogP) is 2.23. The van der Waals surface area contributed by atoms with Crippen molar-refractivity contribution in [1.29, 1.82) is 0 Å². The van der Waals surface area contributed by atoms with Crippen LogP contribution in [0.5, 0.6) is 0 Å². The molecule has 0 unspecified atom stereocenters. The highest BCUT2D eigenvalue weighted by Crippen LogP contribution is 2.21. The van der Waals surface area contributed by atoms with Gasteiger partial charge in [0.15, 0.2) is 0 Å². The molecule has 2 aromatic rings. The molecule has 0 aromatic carbocycles. The topological polar surface area (TPSA) is 59.3 Å². The van der Waals surface area contributed by atoms with Crippen molar-refractivity contribution < 1.29 is 0 Å². The van der Waals surface area contributed by atoms with Gasteiger partial charge in [0.1, 0.15) is 0 Å². The molecule has 2 heterocycles. The van der Waals surface area contributed by atoms with Gasteiger partial charge in [-0.1, -0.05) is 36.8 Å². The summed E-state index contributed by atoms with van der Waals surface area (Å²) in [4.78, 5) is 17.1. The average molecular weight is 276 g/mol. The van der Waals surface area contributed by atoms with E-state index in [-0.39, 0.29) is 5.56 Å². The molecule has 0 amide bonds. The number of fused-ring (bicyclic) bond motifs is 1. The van der Waals surface area contributed by atoms with Crippen LogP contribution in [0.15, 0.2) is 23.0 Å². The quantitative estimate of drug-likeness (QED) is 0.870. The first-order valence-corrected chi connectivity index (χ1v) is 7.39. The van der Waals surface area contributed by atoms with Gasteiger partial charge in [-0.3, -0.25) is 4.79 Å². The zero-order valence-corrected chi connectivity index (χ0v) is 11.6. The minimum atomic E-state index is -0.0951. The fourth-order valence-corrected chi connectivity index (χ4v) is 3.11. The van der Waals surface area contributed by atoms with Gasteiger partial charge in [-0.15, -0.1) is 5.10 Å². The monoisotopic (exact) mass is 276 g/mol. The van der Waals surface area contributed by atoms with Crippen molar-refractivity contribution in [3.05, 3.63) is 34.3 Å². The number of hydrogen-bond donors (Lipinski definition) is 1. The molecule has 2 aromatic heterocycles. The van der Waals surface area contributed by atoms with Gasteiger partial charge < -0.3 is 5.32 Å². The molecule has 0 saturated carbocycles. The van der Waals surface area contributed by atoms with Crippen molar-refractivity contribution in [2.75, 3.05) is 5.32 Å². The lowest BCUT2D eigenvalue weighted by Crippen LogP contribution is -2.17. The van der Waals surface area contributed by atoms with Crippen molar-refractivity contribution in [3.8, 4) is 0 Å². The van der Waals surface area contributed by atoms with E-state index in [2.05, 4.69) is 34.5 Å². The van der Waals surface area contributed by atoms with Crippen LogP contribution < -0.4 is 10.9 Å². The lowest BCUT2D eigenvalue weighted by atomic mass is 10.2. The first kappa shape index (κ1) is 12.3. The highest BCUT2D eigenvalue weighted by molar-refractivity contribution is 7.20. The fraction of sp³-hybridized carbons (Fsp3) is 0.462. The molecule has 19 heavy (non-hydrogen) atoms. The molecule has 100 valence electrons. The number of aromatic nitrogens is 3. The van der Waals surface area contributed by atoms with E-state index in [1.165, 1.54) is 15.9 Å². The first-order chi connectivity index (χ1) is 9.26. The molecular weight excluding hydrogens is 260 g/mol. The second-order valence-corrected chi connectivity index (χ2v) is 5.68. The SMILES string of the molecule is CCCc1cc(=O)n2nc(NC3CC=CC3)sc2n1. The number of anilines is 1. The molecule has 0 radical (unpaired) electrons. The number of nitrogens with one attached hydrogen (secondary N) is 1. The Morgan fingerprint density at radius 3 is 3.00 bits per heavy atom. The number of aryl methyl sites for hydroxylation is 1. The summed E-state index contributed by atoms with van der Waals surface area (Å²) in [6.07, 6.45) is 8.17. The molecule has 0 bridgehead atoms. The third kappa shape index (κ3) is 2.53. The van der Waals surface area contributed by atoms with E-state index in [9.17, 15) is 4.79 Å². The van der Waals surface area contributed by atoms with Gasteiger partial charge in [-0.2, -0.15) is 4.52 Å². The largest absolute Gasteiger partial charge is 0.357 e. The molecule has 0 aliphatic heterocycles. The Morgan fingerprint density at radius 2 is 2.26 bits per heavy atom. The minimum absolute atomic E-state index is 0.0951. The Labute approximate surface area is 115 Å². The van der Waals surface area contributed by atoms with Crippen LogP contribution in [-0.4, -0.2) is 20.6 Å². The highest BCUT2D eigenvalue weighted by atomic mass is 32.1. The molecule has 0 spiro atoms. The van der Waals surface area contributed by atoms with Crippen LogP contribution in [0.4, 0.5) is 5.13 Å². The highest BCUT2D eigenvalue weighted by Gasteiger charge is 2.14. The molecule has 1 aliphatic carbocycles. The molecule has 5 nitrogen and oxygen atoms in total. The molecular formula is C13H16N4OS. The summed E-state index contributed by atoms with van der Waals surface area (Å²) >= 11 is 1.44. The standard InChI is InChI=1S/C13H16N4OS/c1-2-5-10-8-11(18)17-13(15-10)19-12(16-17)14-9-6-3-4-7-9/h3-4,8-9H,2,5-7H2,1H3,(H,14,16). The van der Waals surface area contributed by atoms with E-state index < -0.39 is 0 Å². The third-order valence-corrected chi connectivity index (χ3v) is 3.98. The summed E-state index contributed by atoms with van der Waals surface area (Å²) in [6.45, 7) is 2.08. The summed E-state index contributed by atoms with van der Waals surface area (Å²) in [5, 5.41) is 8.42. The summed E-state index contributed by atoms with van der Waals surface area (Å²) in [6, 6.07) is 1.98. The second kappa shape index (κ2) is 5.13. The lowest BCUT2D eigenvalue weighted by Gasteiger charge is -2.08. The van der Waals surface area contributed by atoms with Gasteiger partial charge in [0.25, 0.3) is 5.56 Å².